The monoisotopic (exact) mass is 287 g/mol. The molecule has 116 valence electrons. The van der Waals surface area contributed by atoms with Gasteiger partial charge in [0.2, 0.25) is 0 Å². The first-order chi connectivity index (χ1) is 10.1. The molecular formula is C18H29N3. The molecule has 0 amide bonds. The molecule has 2 saturated heterocycles. The van der Waals surface area contributed by atoms with Gasteiger partial charge in [0.1, 0.15) is 0 Å². The highest BCUT2D eigenvalue weighted by atomic mass is 15.3. The van der Waals surface area contributed by atoms with Gasteiger partial charge in [0, 0.05) is 31.7 Å². The van der Waals surface area contributed by atoms with Crippen LogP contribution < -0.4 is 5.73 Å². The van der Waals surface area contributed by atoms with Gasteiger partial charge >= 0.3 is 0 Å². The molecule has 3 unspecified atom stereocenters. The fourth-order valence-corrected chi connectivity index (χ4v) is 3.97. The van der Waals surface area contributed by atoms with E-state index in [9.17, 15) is 0 Å². The maximum atomic E-state index is 6.64. The smallest absolute Gasteiger partial charge is 0.0510 e. The summed E-state index contributed by atoms with van der Waals surface area (Å²) in [7, 11) is 0. The van der Waals surface area contributed by atoms with Gasteiger partial charge in [-0.25, -0.2) is 0 Å². The second kappa shape index (κ2) is 6.07. The molecule has 2 fully saturated rings. The van der Waals surface area contributed by atoms with E-state index < -0.39 is 0 Å². The molecule has 3 nitrogen and oxygen atoms in total. The first-order valence-corrected chi connectivity index (χ1v) is 8.39. The van der Waals surface area contributed by atoms with Crippen LogP contribution in [0, 0.1) is 0 Å². The van der Waals surface area contributed by atoms with Crippen molar-refractivity contribution in [3.63, 3.8) is 0 Å². The summed E-state index contributed by atoms with van der Waals surface area (Å²) >= 11 is 0. The molecule has 3 atom stereocenters. The molecule has 1 aromatic rings. The third-order valence-corrected chi connectivity index (χ3v) is 5.28. The van der Waals surface area contributed by atoms with Gasteiger partial charge < -0.3 is 5.73 Å². The maximum absolute atomic E-state index is 6.64. The predicted octanol–water partition coefficient (Wildman–Crippen LogP) is 2.42. The molecule has 3 rings (SSSR count). The van der Waals surface area contributed by atoms with Crippen LogP contribution in [-0.2, 0) is 5.54 Å². The maximum Gasteiger partial charge on any atom is 0.0510 e. The summed E-state index contributed by atoms with van der Waals surface area (Å²) in [4.78, 5) is 5.31. The summed E-state index contributed by atoms with van der Waals surface area (Å²) in [5, 5.41) is 0. The lowest BCUT2D eigenvalue weighted by molar-refractivity contribution is 0.00551. The summed E-state index contributed by atoms with van der Waals surface area (Å²) in [6.45, 7) is 9.15. The van der Waals surface area contributed by atoms with Crippen LogP contribution in [0.4, 0.5) is 0 Å². The molecule has 2 heterocycles. The molecular weight excluding hydrogens is 258 g/mol. The highest BCUT2D eigenvalue weighted by molar-refractivity contribution is 5.23. The van der Waals surface area contributed by atoms with E-state index in [2.05, 4.69) is 54.0 Å². The molecule has 0 saturated carbocycles. The second-order valence-electron chi connectivity index (χ2n) is 7.21. The largest absolute Gasteiger partial charge is 0.321 e. The Labute approximate surface area is 129 Å². The third kappa shape index (κ3) is 3.31. The minimum absolute atomic E-state index is 0.271. The van der Waals surface area contributed by atoms with E-state index in [1.165, 1.54) is 44.5 Å². The molecule has 0 aromatic heterocycles. The Morgan fingerprint density at radius 3 is 2.71 bits per heavy atom. The number of fused-ring (bicyclic) bond motifs is 1. The standard InChI is InChI=1S/C18H29N3/c1-15-12-20-11-7-6-10-17(20)13-21(15)14-18(2,19)16-8-4-3-5-9-16/h3-5,8-9,15,17H,6-7,10-14,19H2,1-2H3. The zero-order valence-electron chi connectivity index (χ0n) is 13.5. The van der Waals surface area contributed by atoms with Gasteiger partial charge in [-0.2, -0.15) is 0 Å². The molecule has 21 heavy (non-hydrogen) atoms. The van der Waals surface area contributed by atoms with Crippen molar-refractivity contribution in [1.82, 2.24) is 9.80 Å². The van der Waals surface area contributed by atoms with E-state index in [1.54, 1.807) is 0 Å². The average molecular weight is 287 g/mol. The summed E-state index contributed by atoms with van der Waals surface area (Å²) in [5.74, 6) is 0. The molecule has 3 heteroatoms. The zero-order valence-corrected chi connectivity index (χ0v) is 13.5. The van der Waals surface area contributed by atoms with Crippen LogP contribution in [0.1, 0.15) is 38.7 Å². The first-order valence-electron chi connectivity index (χ1n) is 8.39. The van der Waals surface area contributed by atoms with Crippen LogP contribution in [0.25, 0.3) is 0 Å². The second-order valence-corrected chi connectivity index (χ2v) is 7.21. The van der Waals surface area contributed by atoms with Crippen LogP contribution in [0.15, 0.2) is 30.3 Å². The van der Waals surface area contributed by atoms with E-state index in [0.29, 0.717) is 6.04 Å². The van der Waals surface area contributed by atoms with Crippen molar-refractivity contribution in [2.75, 3.05) is 26.2 Å². The van der Waals surface area contributed by atoms with Crippen molar-refractivity contribution in [1.29, 1.82) is 0 Å². The van der Waals surface area contributed by atoms with Gasteiger partial charge in [0.25, 0.3) is 0 Å². The molecule has 2 N–H and O–H groups in total. The molecule has 0 aliphatic carbocycles. The van der Waals surface area contributed by atoms with Crippen LogP contribution in [0.5, 0.6) is 0 Å². The number of hydrogen-bond acceptors (Lipinski definition) is 3. The Bertz CT molecular complexity index is 457. The molecule has 1 aromatic carbocycles. The quantitative estimate of drug-likeness (QED) is 0.926. The van der Waals surface area contributed by atoms with E-state index in [4.69, 9.17) is 5.73 Å². The van der Waals surface area contributed by atoms with E-state index in [-0.39, 0.29) is 5.54 Å². The average Bonchev–Trinajstić information content (AvgIpc) is 2.49. The fourth-order valence-electron chi connectivity index (χ4n) is 3.97. The van der Waals surface area contributed by atoms with Gasteiger partial charge in [-0.15, -0.1) is 0 Å². The van der Waals surface area contributed by atoms with Crippen LogP contribution in [-0.4, -0.2) is 48.1 Å². The van der Waals surface area contributed by atoms with Crippen LogP contribution >= 0.6 is 0 Å². The fraction of sp³-hybridized carbons (Fsp3) is 0.667. The van der Waals surface area contributed by atoms with Crippen molar-refractivity contribution < 1.29 is 0 Å². The Kier molecular flexibility index (Phi) is 4.34. The number of piperazine rings is 1. The third-order valence-electron chi connectivity index (χ3n) is 5.28. The van der Waals surface area contributed by atoms with Crippen molar-refractivity contribution in [3.05, 3.63) is 35.9 Å². The SMILES string of the molecule is CC1CN2CCCCC2CN1CC(C)(N)c1ccccc1. The number of piperidine rings is 1. The lowest BCUT2D eigenvalue weighted by Crippen LogP contribution is -2.61. The topological polar surface area (TPSA) is 32.5 Å². The number of nitrogens with two attached hydrogens (primary N) is 1. The molecule has 2 aliphatic heterocycles. The lowest BCUT2D eigenvalue weighted by atomic mass is 9.90. The number of benzene rings is 1. The first kappa shape index (κ1) is 15.0. The number of nitrogens with zero attached hydrogens (tertiary/aromatic N) is 2. The van der Waals surface area contributed by atoms with Gasteiger partial charge in [-0.3, -0.25) is 9.80 Å². The van der Waals surface area contributed by atoms with E-state index in [0.717, 1.165) is 12.6 Å². The van der Waals surface area contributed by atoms with Crippen molar-refractivity contribution in [2.24, 2.45) is 5.73 Å². The number of hydrogen-bond donors (Lipinski definition) is 1. The van der Waals surface area contributed by atoms with E-state index in [1.807, 2.05) is 0 Å². The van der Waals surface area contributed by atoms with Gasteiger partial charge in [-0.1, -0.05) is 36.8 Å². The normalized spacial score (nSPS) is 30.6. The summed E-state index contributed by atoms with van der Waals surface area (Å²) in [5.41, 5.74) is 7.61. The van der Waals surface area contributed by atoms with Gasteiger partial charge in [-0.05, 0) is 38.8 Å². The Balaban J connectivity index is 1.69. The van der Waals surface area contributed by atoms with Crippen molar-refractivity contribution in [3.8, 4) is 0 Å². The Morgan fingerprint density at radius 2 is 1.95 bits per heavy atom. The van der Waals surface area contributed by atoms with Crippen molar-refractivity contribution in [2.45, 2.75) is 50.7 Å². The summed E-state index contributed by atoms with van der Waals surface area (Å²) < 4.78 is 0. The molecule has 0 bridgehead atoms. The zero-order chi connectivity index (χ0) is 14.9. The van der Waals surface area contributed by atoms with Crippen molar-refractivity contribution >= 4 is 0 Å². The van der Waals surface area contributed by atoms with Crippen LogP contribution in [0.2, 0.25) is 0 Å². The highest BCUT2D eigenvalue weighted by Gasteiger charge is 2.35. The van der Waals surface area contributed by atoms with E-state index >= 15 is 0 Å². The van der Waals surface area contributed by atoms with Gasteiger partial charge in [0.15, 0.2) is 0 Å². The lowest BCUT2D eigenvalue weighted by Gasteiger charge is -2.49. The minimum atomic E-state index is -0.271. The molecule has 0 radical (unpaired) electrons. The molecule has 0 spiro atoms. The Morgan fingerprint density at radius 1 is 1.19 bits per heavy atom. The highest BCUT2D eigenvalue weighted by Crippen LogP contribution is 2.27. The number of rotatable bonds is 3. The molecule has 2 aliphatic rings. The summed E-state index contributed by atoms with van der Waals surface area (Å²) in [6.07, 6.45) is 4.12. The summed E-state index contributed by atoms with van der Waals surface area (Å²) in [6, 6.07) is 11.9. The Hall–Kier alpha value is -0.900. The minimum Gasteiger partial charge on any atom is -0.321 e. The van der Waals surface area contributed by atoms with Crippen LogP contribution in [0.3, 0.4) is 0 Å². The predicted molar refractivity (Wildman–Crippen MR) is 88.2 cm³/mol. The van der Waals surface area contributed by atoms with Gasteiger partial charge in [0.05, 0.1) is 5.54 Å².